The van der Waals surface area contributed by atoms with Crippen LogP contribution in [0.4, 0.5) is 8.78 Å². The molecule has 0 spiro atoms. The van der Waals surface area contributed by atoms with Crippen LogP contribution in [0.3, 0.4) is 0 Å². The van der Waals surface area contributed by atoms with Crippen molar-refractivity contribution in [2.45, 2.75) is 69.8 Å². The Bertz CT molecular complexity index is 838. The molecule has 30 heavy (non-hydrogen) atoms. The third kappa shape index (κ3) is 5.41. The standard InChI is InChI=1S/C20H27F2N5O2S/c1-13(2)26(15-6-4-3-5-7-15)17(28)12-30-20-25-24-18(27(20)23)14-8-10-16(11-9-14)29-19(21)22/h8-11,13,15,19H,3-7,12,23H2,1-2H3. The van der Waals surface area contributed by atoms with Crippen LogP contribution < -0.4 is 10.6 Å². The molecular formula is C20H27F2N5O2S. The largest absolute Gasteiger partial charge is 0.435 e. The minimum absolute atomic E-state index is 0.0496. The zero-order valence-corrected chi connectivity index (χ0v) is 17.9. The summed E-state index contributed by atoms with van der Waals surface area (Å²) in [5.74, 6) is 6.84. The summed E-state index contributed by atoms with van der Waals surface area (Å²) in [4.78, 5) is 14.9. The van der Waals surface area contributed by atoms with E-state index in [1.807, 2.05) is 18.7 Å². The summed E-state index contributed by atoms with van der Waals surface area (Å²) in [7, 11) is 0. The topological polar surface area (TPSA) is 86.3 Å². The Morgan fingerprint density at radius 1 is 1.23 bits per heavy atom. The van der Waals surface area contributed by atoms with E-state index in [0.29, 0.717) is 22.6 Å². The van der Waals surface area contributed by atoms with Crippen LogP contribution in [0.5, 0.6) is 5.75 Å². The maximum atomic E-state index is 12.9. The number of hydrogen-bond donors (Lipinski definition) is 1. The molecule has 1 heterocycles. The fraction of sp³-hybridized carbons (Fsp3) is 0.550. The zero-order chi connectivity index (χ0) is 21.7. The minimum atomic E-state index is -2.88. The lowest BCUT2D eigenvalue weighted by atomic mass is 9.93. The normalized spacial score (nSPS) is 15.0. The molecule has 1 aliphatic carbocycles. The maximum absolute atomic E-state index is 12.9. The zero-order valence-electron chi connectivity index (χ0n) is 17.1. The van der Waals surface area contributed by atoms with Gasteiger partial charge in [0.25, 0.3) is 0 Å². The number of carbonyl (C=O) groups is 1. The van der Waals surface area contributed by atoms with E-state index in [2.05, 4.69) is 14.9 Å². The van der Waals surface area contributed by atoms with Crippen LogP contribution in [0, 0.1) is 0 Å². The molecule has 0 unspecified atom stereocenters. The van der Waals surface area contributed by atoms with Gasteiger partial charge in [0.2, 0.25) is 11.1 Å². The van der Waals surface area contributed by atoms with Crippen LogP contribution in [-0.2, 0) is 4.79 Å². The maximum Gasteiger partial charge on any atom is 0.387 e. The number of amides is 1. The van der Waals surface area contributed by atoms with E-state index in [1.54, 1.807) is 12.1 Å². The molecule has 3 rings (SSSR count). The van der Waals surface area contributed by atoms with Crippen molar-refractivity contribution in [3.8, 4) is 17.1 Å². The molecule has 7 nitrogen and oxygen atoms in total. The van der Waals surface area contributed by atoms with E-state index >= 15 is 0 Å². The molecule has 10 heteroatoms. The molecule has 0 atom stereocenters. The first-order valence-electron chi connectivity index (χ1n) is 10.1. The van der Waals surface area contributed by atoms with Crippen LogP contribution in [0.2, 0.25) is 0 Å². The van der Waals surface area contributed by atoms with Crippen molar-refractivity contribution >= 4 is 17.7 Å². The van der Waals surface area contributed by atoms with Gasteiger partial charge in [-0.1, -0.05) is 31.0 Å². The predicted octanol–water partition coefficient (Wildman–Crippen LogP) is 3.92. The highest BCUT2D eigenvalue weighted by Gasteiger charge is 2.28. The first-order valence-corrected chi connectivity index (χ1v) is 11.0. The summed E-state index contributed by atoms with van der Waals surface area (Å²) in [6.07, 6.45) is 5.67. The van der Waals surface area contributed by atoms with Crippen LogP contribution in [0.1, 0.15) is 46.0 Å². The molecule has 0 saturated heterocycles. The number of thioether (sulfide) groups is 1. The first-order chi connectivity index (χ1) is 14.4. The molecule has 1 aromatic heterocycles. The van der Waals surface area contributed by atoms with Gasteiger partial charge in [0.05, 0.1) is 5.75 Å². The number of nitrogens with two attached hydrogens (primary N) is 1. The Balaban J connectivity index is 1.65. The van der Waals surface area contributed by atoms with Gasteiger partial charge in [-0.2, -0.15) is 8.78 Å². The van der Waals surface area contributed by atoms with Crippen molar-refractivity contribution in [2.24, 2.45) is 0 Å². The number of rotatable bonds is 8. The van der Waals surface area contributed by atoms with Crippen molar-refractivity contribution in [1.82, 2.24) is 19.8 Å². The van der Waals surface area contributed by atoms with E-state index < -0.39 is 6.61 Å². The van der Waals surface area contributed by atoms with E-state index in [0.717, 1.165) is 25.7 Å². The van der Waals surface area contributed by atoms with Gasteiger partial charge in [-0.3, -0.25) is 4.79 Å². The summed E-state index contributed by atoms with van der Waals surface area (Å²) in [6.45, 7) is 1.21. The molecular weight excluding hydrogens is 412 g/mol. The summed E-state index contributed by atoms with van der Waals surface area (Å²) in [5, 5.41) is 8.57. The van der Waals surface area contributed by atoms with Crippen LogP contribution >= 0.6 is 11.8 Å². The number of aromatic nitrogens is 3. The fourth-order valence-corrected chi connectivity index (χ4v) is 4.56. The number of benzene rings is 1. The van der Waals surface area contributed by atoms with Crippen LogP contribution in [-0.4, -0.2) is 50.1 Å². The van der Waals surface area contributed by atoms with Crippen molar-refractivity contribution in [3.05, 3.63) is 24.3 Å². The molecule has 2 N–H and O–H groups in total. The van der Waals surface area contributed by atoms with Crippen LogP contribution in [0.15, 0.2) is 29.4 Å². The van der Waals surface area contributed by atoms with Gasteiger partial charge >= 0.3 is 6.61 Å². The second kappa shape index (κ2) is 10.1. The fourth-order valence-electron chi connectivity index (χ4n) is 3.83. The van der Waals surface area contributed by atoms with Gasteiger partial charge in [0.15, 0.2) is 5.82 Å². The molecule has 0 aliphatic heterocycles. The minimum Gasteiger partial charge on any atom is -0.435 e. The smallest absolute Gasteiger partial charge is 0.387 e. The molecule has 164 valence electrons. The number of halogens is 2. The van der Waals surface area contributed by atoms with Crippen molar-refractivity contribution in [2.75, 3.05) is 11.6 Å². The van der Waals surface area contributed by atoms with Gasteiger partial charge < -0.3 is 15.5 Å². The third-order valence-electron chi connectivity index (χ3n) is 5.14. The number of ether oxygens (including phenoxy) is 1. The molecule has 0 bridgehead atoms. The molecule has 1 aliphatic rings. The number of nitrogen functional groups attached to an aromatic ring is 1. The Morgan fingerprint density at radius 2 is 1.90 bits per heavy atom. The highest BCUT2D eigenvalue weighted by Crippen LogP contribution is 2.27. The van der Waals surface area contributed by atoms with Crippen molar-refractivity contribution in [1.29, 1.82) is 0 Å². The van der Waals surface area contributed by atoms with Crippen molar-refractivity contribution < 1.29 is 18.3 Å². The molecule has 1 aromatic carbocycles. The van der Waals surface area contributed by atoms with Gasteiger partial charge in [0, 0.05) is 17.6 Å². The monoisotopic (exact) mass is 439 g/mol. The molecule has 1 saturated carbocycles. The van der Waals surface area contributed by atoms with E-state index in [-0.39, 0.29) is 23.5 Å². The summed E-state index contributed by atoms with van der Waals surface area (Å²) in [6, 6.07) is 6.42. The Hall–Kier alpha value is -2.36. The Kier molecular flexibility index (Phi) is 7.52. The van der Waals surface area contributed by atoms with Crippen molar-refractivity contribution in [3.63, 3.8) is 0 Å². The first kappa shape index (κ1) is 22.3. The quantitative estimate of drug-likeness (QED) is 0.496. The number of alkyl halides is 2. The lowest BCUT2D eigenvalue weighted by molar-refractivity contribution is -0.133. The average Bonchev–Trinajstić information content (AvgIpc) is 3.07. The lowest BCUT2D eigenvalue weighted by Gasteiger charge is -2.37. The van der Waals surface area contributed by atoms with Crippen LogP contribution in [0.25, 0.3) is 11.4 Å². The number of hydrogen-bond acceptors (Lipinski definition) is 6. The van der Waals surface area contributed by atoms with Gasteiger partial charge in [0.1, 0.15) is 5.75 Å². The Morgan fingerprint density at radius 3 is 2.50 bits per heavy atom. The second-order valence-electron chi connectivity index (χ2n) is 7.55. The SMILES string of the molecule is CC(C)N(C(=O)CSc1nnc(-c2ccc(OC(F)F)cc2)n1N)C1CCCCC1. The molecule has 0 radical (unpaired) electrons. The Labute approximate surface area is 178 Å². The lowest BCUT2D eigenvalue weighted by Crippen LogP contribution is -2.46. The van der Waals surface area contributed by atoms with Gasteiger partial charge in [-0.15, -0.1) is 10.2 Å². The van der Waals surface area contributed by atoms with Gasteiger partial charge in [-0.05, 0) is 51.0 Å². The third-order valence-corrected chi connectivity index (χ3v) is 6.07. The van der Waals surface area contributed by atoms with E-state index in [1.165, 1.54) is 35.0 Å². The van der Waals surface area contributed by atoms with E-state index in [9.17, 15) is 13.6 Å². The average molecular weight is 440 g/mol. The highest BCUT2D eigenvalue weighted by atomic mass is 32.2. The number of carbonyl (C=O) groups excluding carboxylic acids is 1. The molecule has 2 aromatic rings. The molecule has 1 amide bonds. The predicted molar refractivity (Wildman–Crippen MR) is 112 cm³/mol. The second-order valence-corrected chi connectivity index (χ2v) is 8.50. The summed E-state index contributed by atoms with van der Waals surface area (Å²) in [5.41, 5.74) is 0.607. The summed E-state index contributed by atoms with van der Waals surface area (Å²) < 4.78 is 30.2. The summed E-state index contributed by atoms with van der Waals surface area (Å²) >= 11 is 1.24. The molecule has 1 fully saturated rings. The highest BCUT2D eigenvalue weighted by molar-refractivity contribution is 7.99. The number of nitrogens with zero attached hydrogens (tertiary/aromatic N) is 4. The van der Waals surface area contributed by atoms with E-state index in [4.69, 9.17) is 5.84 Å². The van der Waals surface area contributed by atoms with Gasteiger partial charge in [-0.25, -0.2) is 4.68 Å².